The molecule has 10 heteroatoms. The largest absolute Gasteiger partial charge is 0.497 e. The van der Waals surface area contributed by atoms with E-state index in [-0.39, 0.29) is 16.1 Å². The summed E-state index contributed by atoms with van der Waals surface area (Å²) in [7, 11) is -2.56. The summed E-state index contributed by atoms with van der Waals surface area (Å²) in [5.74, 6) is -1.44. The standard InChI is InChI=1S/C22H19FN2O6S/c1-30-17-10-8-16(9-11-17)24-21(26)14-31-22(27)19-4-2-3-5-20(19)25-32(28,29)18-12-6-15(23)7-13-18/h2-13,25H,14H2,1H3,(H,24,26). The molecule has 0 aliphatic rings. The number of sulfonamides is 1. The Labute approximate surface area is 184 Å². The maximum Gasteiger partial charge on any atom is 0.340 e. The molecule has 3 aromatic rings. The highest BCUT2D eigenvalue weighted by atomic mass is 32.2. The Morgan fingerprint density at radius 2 is 1.59 bits per heavy atom. The Kier molecular flexibility index (Phi) is 7.06. The second kappa shape index (κ2) is 9.92. The van der Waals surface area contributed by atoms with Gasteiger partial charge in [-0.1, -0.05) is 12.1 Å². The van der Waals surface area contributed by atoms with Crippen LogP contribution in [0, 0.1) is 5.82 Å². The molecule has 0 spiro atoms. The van der Waals surface area contributed by atoms with E-state index in [1.54, 1.807) is 24.3 Å². The topological polar surface area (TPSA) is 111 Å². The van der Waals surface area contributed by atoms with Crippen molar-refractivity contribution in [1.29, 1.82) is 0 Å². The average molecular weight is 458 g/mol. The second-order valence-corrected chi connectivity index (χ2v) is 8.14. The van der Waals surface area contributed by atoms with E-state index in [1.165, 1.54) is 31.4 Å². The minimum Gasteiger partial charge on any atom is -0.497 e. The first-order valence-corrected chi connectivity index (χ1v) is 10.8. The summed E-state index contributed by atoms with van der Waals surface area (Å²) in [5, 5.41) is 2.57. The van der Waals surface area contributed by atoms with Crippen molar-refractivity contribution in [2.24, 2.45) is 0 Å². The van der Waals surface area contributed by atoms with Crippen molar-refractivity contribution < 1.29 is 31.9 Å². The van der Waals surface area contributed by atoms with Crippen LogP contribution in [-0.2, 0) is 19.6 Å². The van der Waals surface area contributed by atoms with Crippen molar-refractivity contribution in [2.75, 3.05) is 23.8 Å². The Bertz CT molecular complexity index is 1210. The summed E-state index contributed by atoms with van der Waals surface area (Å²) < 4.78 is 50.5. The van der Waals surface area contributed by atoms with Crippen LogP contribution in [0.5, 0.6) is 5.75 Å². The number of halogens is 1. The molecule has 0 radical (unpaired) electrons. The molecule has 0 saturated carbocycles. The number of benzene rings is 3. The van der Waals surface area contributed by atoms with Gasteiger partial charge in [0.15, 0.2) is 6.61 Å². The van der Waals surface area contributed by atoms with E-state index < -0.39 is 34.3 Å². The molecule has 0 aliphatic carbocycles. The van der Waals surface area contributed by atoms with E-state index in [4.69, 9.17) is 9.47 Å². The van der Waals surface area contributed by atoms with Crippen LogP contribution in [0.2, 0.25) is 0 Å². The summed E-state index contributed by atoms with van der Waals surface area (Å²) >= 11 is 0. The lowest BCUT2D eigenvalue weighted by atomic mass is 10.2. The number of hydrogen-bond donors (Lipinski definition) is 2. The van der Waals surface area contributed by atoms with Gasteiger partial charge in [0.2, 0.25) is 0 Å². The maximum atomic E-state index is 13.1. The molecule has 0 atom stereocenters. The first kappa shape index (κ1) is 22.8. The molecule has 0 aromatic heterocycles. The Morgan fingerprint density at radius 1 is 0.938 bits per heavy atom. The van der Waals surface area contributed by atoms with Gasteiger partial charge in [-0.3, -0.25) is 9.52 Å². The zero-order chi connectivity index (χ0) is 23.1. The minimum atomic E-state index is -4.08. The zero-order valence-corrected chi connectivity index (χ0v) is 17.7. The highest BCUT2D eigenvalue weighted by Gasteiger charge is 2.20. The zero-order valence-electron chi connectivity index (χ0n) is 16.9. The van der Waals surface area contributed by atoms with Gasteiger partial charge in [0.1, 0.15) is 11.6 Å². The lowest BCUT2D eigenvalue weighted by Crippen LogP contribution is -2.22. The highest BCUT2D eigenvalue weighted by molar-refractivity contribution is 7.92. The molecule has 0 saturated heterocycles. The fraction of sp³-hybridized carbons (Fsp3) is 0.0909. The number of anilines is 2. The molecule has 0 heterocycles. The Balaban J connectivity index is 1.65. The van der Waals surface area contributed by atoms with Crippen LogP contribution in [0.3, 0.4) is 0 Å². The molecule has 2 N–H and O–H groups in total. The number of methoxy groups -OCH3 is 1. The van der Waals surface area contributed by atoms with E-state index >= 15 is 0 Å². The molecule has 166 valence electrons. The van der Waals surface area contributed by atoms with E-state index in [1.807, 2.05) is 0 Å². The van der Waals surface area contributed by atoms with Gasteiger partial charge < -0.3 is 14.8 Å². The number of ether oxygens (including phenoxy) is 2. The molecule has 0 fully saturated rings. The van der Waals surface area contributed by atoms with Crippen molar-refractivity contribution in [3.63, 3.8) is 0 Å². The predicted octanol–water partition coefficient (Wildman–Crippen LogP) is 3.43. The number of hydrogen-bond acceptors (Lipinski definition) is 6. The number of carbonyl (C=O) groups excluding carboxylic acids is 2. The minimum absolute atomic E-state index is 0.0441. The Morgan fingerprint density at radius 3 is 2.25 bits per heavy atom. The smallest absolute Gasteiger partial charge is 0.340 e. The average Bonchev–Trinajstić information content (AvgIpc) is 2.78. The number of nitrogens with one attached hydrogen (secondary N) is 2. The van der Waals surface area contributed by atoms with E-state index in [0.717, 1.165) is 24.3 Å². The van der Waals surface area contributed by atoms with Crippen molar-refractivity contribution in [2.45, 2.75) is 4.90 Å². The number of carbonyl (C=O) groups is 2. The summed E-state index contributed by atoms with van der Waals surface area (Å²) in [5.41, 5.74) is 0.354. The molecule has 0 bridgehead atoms. The van der Waals surface area contributed by atoms with E-state index in [0.29, 0.717) is 11.4 Å². The van der Waals surface area contributed by atoms with Crippen LogP contribution >= 0.6 is 0 Å². The summed E-state index contributed by atoms with van der Waals surface area (Å²) in [6.07, 6.45) is 0. The van der Waals surface area contributed by atoms with Crippen LogP contribution in [0.4, 0.5) is 15.8 Å². The fourth-order valence-corrected chi connectivity index (χ4v) is 3.73. The van der Waals surface area contributed by atoms with Crippen molar-refractivity contribution in [3.8, 4) is 5.75 Å². The van der Waals surface area contributed by atoms with Crippen LogP contribution in [0.1, 0.15) is 10.4 Å². The van der Waals surface area contributed by atoms with Gasteiger partial charge >= 0.3 is 5.97 Å². The molecule has 32 heavy (non-hydrogen) atoms. The van der Waals surface area contributed by atoms with Crippen molar-refractivity contribution in [3.05, 3.63) is 84.2 Å². The molecule has 0 unspecified atom stereocenters. The first-order valence-electron chi connectivity index (χ1n) is 9.27. The fourth-order valence-electron chi connectivity index (χ4n) is 2.65. The third-order valence-electron chi connectivity index (χ3n) is 4.22. The number of para-hydroxylation sites is 1. The second-order valence-electron chi connectivity index (χ2n) is 6.46. The molecular weight excluding hydrogens is 439 g/mol. The van der Waals surface area contributed by atoms with Crippen LogP contribution in [0.25, 0.3) is 0 Å². The normalized spacial score (nSPS) is 10.8. The lowest BCUT2D eigenvalue weighted by Gasteiger charge is -2.12. The monoisotopic (exact) mass is 458 g/mol. The lowest BCUT2D eigenvalue weighted by molar-refractivity contribution is -0.119. The van der Waals surface area contributed by atoms with Gasteiger partial charge in [-0.25, -0.2) is 17.6 Å². The first-order chi connectivity index (χ1) is 15.3. The SMILES string of the molecule is COc1ccc(NC(=O)COC(=O)c2ccccc2NS(=O)(=O)c2ccc(F)cc2)cc1. The van der Waals surface area contributed by atoms with Gasteiger partial charge in [-0.15, -0.1) is 0 Å². The molecule has 8 nitrogen and oxygen atoms in total. The van der Waals surface area contributed by atoms with Gasteiger partial charge in [0.05, 0.1) is 23.3 Å². The number of esters is 1. The summed E-state index contributed by atoms with van der Waals surface area (Å²) in [4.78, 5) is 24.4. The van der Waals surface area contributed by atoms with Crippen LogP contribution < -0.4 is 14.8 Å². The third kappa shape index (κ3) is 5.82. The molecule has 1 amide bonds. The van der Waals surface area contributed by atoms with Crippen LogP contribution in [-0.4, -0.2) is 34.0 Å². The quantitative estimate of drug-likeness (QED) is 0.501. The summed E-state index contributed by atoms with van der Waals surface area (Å²) in [6.45, 7) is -0.579. The molecule has 3 rings (SSSR count). The maximum absolute atomic E-state index is 13.1. The van der Waals surface area contributed by atoms with Gasteiger partial charge in [-0.05, 0) is 60.7 Å². The number of amides is 1. The van der Waals surface area contributed by atoms with Gasteiger partial charge in [-0.2, -0.15) is 0 Å². The van der Waals surface area contributed by atoms with E-state index in [9.17, 15) is 22.4 Å². The highest BCUT2D eigenvalue weighted by Crippen LogP contribution is 2.21. The van der Waals surface area contributed by atoms with Gasteiger partial charge in [0.25, 0.3) is 15.9 Å². The van der Waals surface area contributed by atoms with Crippen molar-refractivity contribution in [1.82, 2.24) is 0 Å². The van der Waals surface area contributed by atoms with Crippen molar-refractivity contribution >= 4 is 33.3 Å². The predicted molar refractivity (Wildman–Crippen MR) is 116 cm³/mol. The molecule has 3 aromatic carbocycles. The van der Waals surface area contributed by atoms with Crippen LogP contribution in [0.15, 0.2) is 77.7 Å². The van der Waals surface area contributed by atoms with Gasteiger partial charge in [0, 0.05) is 5.69 Å². The third-order valence-corrected chi connectivity index (χ3v) is 5.60. The summed E-state index contributed by atoms with van der Waals surface area (Å²) in [6, 6.07) is 16.5. The Hall–Kier alpha value is -3.92. The molecular formula is C22H19FN2O6S. The number of rotatable bonds is 8. The van der Waals surface area contributed by atoms with E-state index in [2.05, 4.69) is 10.0 Å². The molecule has 0 aliphatic heterocycles.